The van der Waals surface area contributed by atoms with Gasteiger partial charge in [0.05, 0.1) is 6.04 Å². The Hall–Kier alpha value is -1.35. The van der Waals surface area contributed by atoms with Crippen molar-refractivity contribution < 1.29 is 4.79 Å². The SMILES string of the molecule is CCC(C)C(N)C(=O)N(C)CCCc1ccccc1. The number of nitrogens with zero attached hydrogens (tertiary/aromatic N) is 1. The smallest absolute Gasteiger partial charge is 0.239 e. The van der Waals surface area contributed by atoms with Crippen LogP contribution in [0.1, 0.15) is 32.3 Å². The zero-order valence-corrected chi connectivity index (χ0v) is 12.3. The molecule has 1 aromatic carbocycles. The Labute approximate surface area is 116 Å². The summed E-state index contributed by atoms with van der Waals surface area (Å²) in [7, 11) is 1.84. The lowest BCUT2D eigenvalue weighted by molar-refractivity contribution is -0.132. The minimum absolute atomic E-state index is 0.0578. The number of carbonyl (C=O) groups excluding carboxylic acids is 1. The van der Waals surface area contributed by atoms with Crippen LogP contribution in [0.5, 0.6) is 0 Å². The van der Waals surface area contributed by atoms with E-state index in [0.29, 0.717) is 0 Å². The summed E-state index contributed by atoms with van der Waals surface area (Å²) in [5.41, 5.74) is 7.28. The van der Waals surface area contributed by atoms with Gasteiger partial charge in [-0.15, -0.1) is 0 Å². The van der Waals surface area contributed by atoms with Crippen molar-refractivity contribution in [1.29, 1.82) is 0 Å². The van der Waals surface area contributed by atoms with Crippen molar-refractivity contribution in [2.75, 3.05) is 13.6 Å². The predicted molar refractivity (Wildman–Crippen MR) is 79.8 cm³/mol. The Bertz CT molecular complexity index is 378. The highest BCUT2D eigenvalue weighted by molar-refractivity contribution is 5.81. The summed E-state index contributed by atoms with van der Waals surface area (Å²) in [6.45, 7) is 4.85. The van der Waals surface area contributed by atoms with E-state index in [0.717, 1.165) is 25.8 Å². The van der Waals surface area contributed by atoms with Crippen LogP contribution in [0.4, 0.5) is 0 Å². The molecule has 0 fully saturated rings. The van der Waals surface area contributed by atoms with Crippen LogP contribution in [-0.2, 0) is 11.2 Å². The fraction of sp³-hybridized carbons (Fsp3) is 0.562. The minimum Gasteiger partial charge on any atom is -0.344 e. The third-order valence-electron chi connectivity index (χ3n) is 3.72. The van der Waals surface area contributed by atoms with Gasteiger partial charge in [0.15, 0.2) is 0 Å². The first-order valence-corrected chi connectivity index (χ1v) is 7.10. The number of nitrogens with two attached hydrogens (primary N) is 1. The van der Waals surface area contributed by atoms with Crippen molar-refractivity contribution in [1.82, 2.24) is 4.90 Å². The van der Waals surface area contributed by atoms with Crippen molar-refractivity contribution in [3.63, 3.8) is 0 Å². The zero-order valence-electron chi connectivity index (χ0n) is 12.3. The molecule has 2 atom stereocenters. The van der Waals surface area contributed by atoms with Crippen LogP contribution >= 0.6 is 0 Å². The van der Waals surface area contributed by atoms with Crippen LogP contribution in [0, 0.1) is 5.92 Å². The second kappa shape index (κ2) is 7.95. The normalized spacial score (nSPS) is 13.9. The van der Waals surface area contributed by atoms with Gasteiger partial charge in [-0.1, -0.05) is 50.6 Å². The van der Waals surface area contributed by atoms with E-state index in [1.54, 1.807) is 4.90 Å². The first-order chi connectivity index (χ1) is 9.06. The van der Waals surface area contributed by atoms with Crippen molar-refractivity contribution in [3.8, 4) is 0 Å². The number of aryl methyl sites for hydroxylation is 1. The lowest BCUT2D eigenvalue weighted by atomic mass is 9.99. The largest absolute Gasteiger partial charge is 0.344 e. The standard InChI is InChI=1S/C16H26N2O/c1-4-13(2)15(17)16(19)18(3)12-8-11-14-9-6-5-7-10-14/h5-7,9-10,13,15H,4,8,11-12,17H2,1-3H3. The summed E-state index contributed by atoms with van der Waals surface area (Å²) >= 11 is 0. The van der Waals surface area contributed by atoms with Gasteiger partial charge in [-0.05, 0) is 24.3 Å². The quantitative estimate of drug-likeness (QED) is 0.820. The first kappa shape index (κ1) is 15.7. The van der Waals surface area contributed by atoms with Crippen LogP contribution in [0.3, 0.4) is 0 Å². The van der Waals surface area contributed by atoms with Gasteiger partial charge < -0.3 is 10.6 Å². The Morgan fingerprint density at radius 2 is 1.95 bits per heavy atom. The summed E-state index contributed by atoms with van der Waals surface area (Å²) < 4.78 is 0. The molecule has 1 rings (SSSR count). The highest BCUT2D eigenvalue weighted by atomic mass is 16.2. The van der Waals surface area contributed by atoms with Crippen LogP contribution < -0.4 is 5.73 Å². The molecule has 0 radical (unpaired) electrons. The zero-order chi connectivity index (χ0) is 14.3. The van der Waals surface area contributed by atoms with Gasteiger partial charge in [-0.25, -0.2) is 0 Å². The van der Waals surface area contributed by atoms with E-state index in [4.69, 9.17) is 5.73 Å². The Morgan fingerprint density at radius 1 is 1.32 bits per heavy atom. The van der Waals surface area contributed by atoms with Crippen LogP contribution in [0.2, 0.25) is 0 Å². The molecule has 0 saturated heterocycles. The summed E-state index contributed by atoms with van der Waals surface area (Å²) in [4.78, 5) is 13.9. The van der Waals surface area contributed by atoms with Crippen molar-refractivity contribution >= 4 is 5.91 Å². The van der Waals surface area contributed by atoms with Crippen molar-refractivity contribution in [3.05, 3.63) is 35.9 Å². The number of carbonyl (C=O) groups is 1. The monoisotopic (exact) mass is 262 g/mol. The van der Waals surface area contributed by atoms with Crippen LogP contribution in [0.15, 0.2) is 30.3 Å². The summed E-state index contributed by atoms with van der Waals surface area (Å²) in [6, 6.07) is 9.97. The molecule has 0 spiro atoms. The third kappa shape index (κ3) is 5.03. The highest BCUT2D eigenvalue weighted by Crippen LogP contribution is 2.09. The van der Waals surface area contributed by atoms with E-state index in [1.807, 2.05) is 32.2 Å². The molecule has 0 bridgehead atoms. The highest BCUT2D eigenvalue weighted by Gasteiger charge is 2.22. The van der Waals surface area contributed by atoms with Crippen molar-refractivity contribution in [2.24, 2.45) is 11.7 Å². The molecule has 0 heterocycles. The Balaban J connectivity index is 2.35. The molecular weight excluding hydrogens is 236 g/mol. The predicted octanol–water partition coefficient (Wildman–Crippen LogP) is 2.45. The summed E-state index contributed by atoms with van der Waals surface area (Å²) in [5, 5.41) is 0. The van der Waals surface area contributed by atoms with E-state index in [-0.39, 0.29) is 17.9 Å². The number of likely N-dealkylation sites (N-methyl/N-ethyl adjacent to an activating group) is 1. The lowest BCUT2D eigenvalue weighted by Gasteiger charge is -2.24. The molecule has 19 heavy (non-hydrogen) atoms. The van der Waals surface area contributed by atoms with Gasteiger partial charge >= 0.3 is 0 Å². The molecule has 1 amide bonds. The molecule has 3 nitrogen and oxygen atoms in total. The molecule has 2 unspecified atom stereocenters. The second-order valence-electron chi connectivity index (χ2n) is 5.26. The van der Waals surface area contributed by atoms with Gasteiger partial charge in [0.1, 0.15) is 0 Å². The van der Waals surface area contributed by atoms with Crippen LogP contribution in [0.25, 0.3) is 0 Å². The Morgan fingerprint density at radius 3 is 2.53 bits per heavy atom. The van der Waals surface area contributed by atoms with E-state index < -0.39 is 0 Å². The van der Waals surface area contributed by atoms with Crippen LogP contribution in [-0.4, -0.2) is 30.4 Å². The number of hydrogen-bond acceptors (Lipinski definition) is 2. The summed E-state index contributed by atoms with van der Waals surface area (Å²) in [5.74, 6) is 0.298. The average Bonchev–Trinajstić information content (AvgIpc) is 2.45. The average molecular weight is 262 g/mol. The van der Waals surface area contributed by atoms with E-state index in [1.165, 1.54) is 5.56 Å². The molecule has 0 aliphatic carbocycles. The third-order valence-corrected chi connectivity index (χ3v) is 3.72. The number of hydrogen-bond donors (Lipinski definition) is 1. The maximum Gasteiger partial charge on any atom is 0.239 e. The van der Waals surface area contributed by atoms with Gasteiger partial charge in [0.25, 0.3) is 0 Å². The number of amides is 1. The molecule has 3 heteroatoms. The Kier molecular flexibility index (Phi) is 6.57. The van der Waals surface area contributed by atoms with Gasteiger partial charge in [0.2, 0.25) is 5.91 Å². The van der Waals surface area contributed by atoms with Gasteiger partial charge in [-0.2, -0.15) is 0 Å². The molecule has 106 valence electrons. The summed E-state index contributed by atoms with van der Waals surface area (Å²) in [6.07, 6.45) is 2.90. The van der Waals surface area contributed by atoms with Crippen molar-refractivity contribution in [2.45, 2.75) is 39.2 Å². The molecule has 0 aliphatic heterocycles. The molecule has 0 saturated carbocycles. The fourth-order valence-corrected chi connectivity index (χ4v) is 2.03. The second-order valence-corrected chi connectivity index (χ2v) is 5.26. The minimum atomic E-state index is -0.369. The lowest BCUT2D eigenvalue weighted by Crippen LogP contribution is -2.45. The molecule has 1 aromatic rings. The molecular formula is C16H26N2O. The maximum atomic E-state index is 12.1. The first-order valence-electron chi connectivity index (χ1n) is 7.10. The van der Waals surface area contributed by atoms with Gasteiger partial charge in [0, 0.05) is 13.6 Å². The number of benzene rings is 1. The van der Waals surface area contributed by atoms with Gasteiger partial charge in [-0.3, -0.25) is 4.79 Å². The molecule has 0 aliphatic rings. The fourth-order valence-electron chi connectivity index (χ4n) is 2.03. The van der Waals surface area contributed by atoms with E-state index in [9.17, 15) is 4.79 Å². The maximum absolute atomic E-state index is 12.1. The number of rotatable bonds is 7. The molecule has 0 aromatic heterocycles. The van der Waals surface area contributed by atoms with E-state index >= 15 is 0 Å². The topological polar surface area (TPSA) is 46.3 Å². The van der Waals surface area contributed by atoms with E-state index in [2.05, 4.69) is 19.1 Å². The molecule has 2 N–H and O–H groups in total.